The summed E-state index contributed by atoms with van der Waals surface area (Å²) in [5, 5.41) is 3.22. The van der Waals surface area contributed by atoms with Crippen LogP contribution in [0.4, 0.5) is 0 Å². The molecule has 0 bridgehead atoms. The summed E-state index contributed by atoms with van der Waals surface area (Å²) in [6.07, 6.45) is 1.98. The summed E-state index contributed by atoms with van der Waals surface area (Å²) >= 11 is 3.44. The molecule has 1 atom stereocenters. The van der Waals surface area contributed by atoms with Gasteiger partial charge in [0.25, 0.3) is 0 Å². The number of nitrogens with one attached hydrogen (secondary N) is 1. The topological polar surface area (TPSA) is 38.3 Å². The van der Waals surface area contributed by atoms with Crippen molar-refractivity contribution in [3.8, 4) is 0 Å². The van der Waals surface area contributed by atoms with Crippen molar-refractivity contribution in [2.45, 2.75) is 19.4 Å². The fraction of sp³-hybridized carbons (Fsp3) is 0.462. The van der Waals surface area contributed by atoms with Crippen LogP contribution in [0.1, 0.15) is 18.4 Å². The van der Waals surface area contributed by atoms with E-state index in [1.54, 1.807) is 0 Å². The molecule has 1 heterocycles. The fourth-order valence-electron chi connectivity index (χ4n) is 1.94. The van der Waals surface area contributed by atoms with E-state index in [1.165, 1.54) is 0 Å². The zero-order valence-electron chi connectivity index (χ0n) is 9.62. The van der Waals surface area contributed by atoms with Crippen LogP contribution in [0.2, 0.25) is 0 Å². The Labute approximate surface area is 110 Å². The molecule has 0 amide bonds. The number of carbonyl (C=O) groups is 1. The van der Waals surface area contributed by atoms with E-state index >= 15 is 0 Å². The minimum Gasteiger partial charge on any atom is -0.461 e. The summed E-state index contributed by atoms with van der Waals surface area (Å²) in [6.45, 7) is 2.10. The van der Waals surface area contributed by atoms with E-state index in [0.29, 0.717) is 6.61 Å². The van der Waals surface area contributed by atoms with Crippen molar-refractivity contribution in [3.63, 3.8) is 0 Å². The maximum atomic E-state index is 11.8. The van der Waals surface area contributed by atoms with Gasteiger partial charge in [-0.05, 0) is 25.5 Å². The first-order chi connectivity index (χ1) is 8.27. The lowest BCUT2D eigenvalue weighted by Gasteiger charge is -2.21. The highest BCUT2D eigenvalue weighted by Crippen LogP contribution is 2.18. The van der Waals surface area contributed by atoms with Crippen LogP contribution in [0, 0.1) is 5.92 Å². The van der Waals surface area contributed by atoms with E-state index in [4.69, 9.17) is 4.74 Å². The van der Waals surface area contributed by atoms with Crippen LogP contribution in [0.5, 0.6) is 0 Å². The molecule has 1 saturated heterocycles. The summed E-state index contributed by atoms with van der Waals surface area (Å²) in [5.74, 6) is -0.0702. The SMILES string of the molecule is O=C(OCc1ccccc1Br)[C@H]1CCCNC1. The summed E-state index contributed by atoms with van der Waals surface area (Å²) in [4.78, 5) is 11.8. The molecule has 0 aliphatic carbocycles. The minimum absolute atomic E-state index is 0.0197. The second-order valence-corrected chi connectivity index (χ2v) is 5.10. The van der Waals surface area contributed by atoms with Gasteiger partial charge in [0.2, 0.25) is 0 Å². The van der Waals surface area contributed by atoms with Crippen molar-refractivity contribution < 1.29 is 9.53 Å². The molecule has 1 aromatic rings. The van der Waals surface area contributed by atoms with Crippen LogP contribution in [0.3, 0.4) is 0 Å². The van der Waals surface area contributed by atoms with Crippen LogP contribution in [0.25, 0.3) is 0 Å². The third-order valence-electron chi connectivity index (χ3n) is 2.96. The maximum Gasteiger partial charge on any atom is 0.310 e. The van der Waals surface area contributed by atoms with Gasteiger partial charge in [0.05, 0.1) is 5.92 Å². The van der Waals surface area contributed by atoms with E-state index in [-0.39, 0.29) is 11.9 Å². The Hall–Kier alpha value is -0.870. The Morgan fingerprint density at radius 3 is 3.00 bits per heavy atom. The van der Waals surface area contributed by atoms with E-state index in [9.17, 15) is 4.79 Å². The predicted octanol–water partition coefficient (Wildman–Crippen LogP) is 2.49. The molecule has 2 rings (SSSR count). The molecule has 3 nitrogen and oxygen atoms in total. The maximum absolute atomic E-state index is 11.8. The number of hydrogen-bond acceptors (Lipinski definition) is 3. The van der Waals surface area contributed by atoms with Crippen LogP contribution in [-0.2, 0) is 16.1 Å². The van der Waals surface area contributed by atoms with Gasteiger partial charge in [-0.15, -0.1) is 0 Å². The monoisotopic (exact) mass is 297 g/mol. The number of benzene rings is 1. The molecule has 1 N–H and O–H groups in total. The molecule has 0 saturated carbocycles. The van der Waals surface area contributed by atoms with Crippen molar-refractivity contribution in [1.82, 2.24) is 5.32 Å². The number of ether oxygens (including phenoxy) is 1. The number of carbonyl (C=O) groups excluding carboxylic acids is 1. The Morgan fingerprint density at radius 1 is 1.47 bits per heavy atom. The summed E-state index contributed by atoms with van der Waals surface area (Å²) < 4.78 is 6.32. The number of halogens is 1. The highest BCUT2D eigenvalue weighted by molar-refractivity contribution is 9.10. The molecule has 1 aliphatic rings. The fourth-order valence-corrected chi connectivity index (χ4v) is 2.33. The first-order valence-electron chi connectivity index (χ1n) is 5.88. The smallest absolute Gasteiger partial charge is 0.310 e. The average molecular weight is 298 g/mol. The van der Waals surface area contributed by atoms with E-state index in [1.807, 2.05) is 24.3 Å². The van der Waals surface area contributed by atoms with Crippen LogP contribution in [0.15, 0.2) is 28.7 Å². The van der Waals surface area contributed by atoms with Gasteiger partial charge in [0.15, 0.2) is 0 Å². The van der Waals surface area contributed by atoms with Gasteiger partial charge in [0, 0.05) is 16.6 Å². The highest BCUT2D eigenvalue weighted by atomic mass is 79.9. The second-order valence-electron chi connectivity index (χ2n) is 4.24. The van der Waals surface area contributed by atoms with Gasteiger partial charge in [-0.1, -0.05) is 34.1 Å². The van der Waals surface area contributed by atoms with Crippen molar-refractivity contribution >= 4 is 21.9 Å². The first kappa shape index (κ1) is 12.6. The number of piperidine rings is 1. The minimum atomic E-state index is -0.0899. The Bertz CT molecular complexity index is 389. The Balaban J connectivity index is 1.85. The molecule has 0 radical (unpaired) electrons. The third kappa shape index (κ3) is 3.54. The summed E-state index contributed by atoms with van der Waals surface area (Å²) in [6, 6.07) is 7.79. The Kier molecular flexibility index (Phi) is 4.57. The van der Waals surface area contributed by atoms with Crippen LogP contribution < -0.4 is 5.32 Å². The first-order valence-corrected chi connectivity index (χ1v) is 6.67. The molecular weight excluding hydrogens is 282 g/mol. The molecule has 0 aromatic heterocycles. The van der Waals surface area contributed by atoms with Crippen LogP contribution >= 0.6 is 15.9 Å². The van der Waals surface area contributed by atoms with Gasteiger partial charge in [-0.2, -0.15) is 0 Å². The summed E-state index contributed by atoms with van der Waals surface area (Å²) in [5.41, 5.74) is 1.00. The third-order valence-corrected chi connectivity index (χ3v) is 3.73. The van der Waals surface area contributed by atoms with Gasteiger partial charge in [-0.3, -0.25) is 4.79 Å². The van der Waals surface area contributed by atoms with E-state index < -0.39 is 0 Å². The number of rotatable bonds is 3. The molecule has 1 aromatic carbocycles. The van der Waals surface area contributed by atoms with E-state index in [0.717, 1.165) is 36.0 Å². The highest BCUT2D eigenvalue weighted by Gasteiger charge is 2.22. The van der Waals surface area contributed by atoms with Gasteiger partial charge in [0.1, 0.15) is 6.61 Å². The zero-order chi connectivity index (χ0) is 12.1. The lowest BCUT2D eigenvalue weighted by Crippen LogP contribution is -2.35. The van der Waals surface area contributed by atoms with Gasteiger partial charge >= 0.3 is 5.97 Å². The predicted molar refractivity (Wildman–Crippen MR) is 69.5 cm³/mol. The zero-order valence-corrected chi connectivity index (χ0v) is 11.2. The molecular formula is C13H16BrNO2. The average Bonchev–Trinajstić information content (AvgIpc) is 2.38. The summed E-state index contributed by atoms with van der Waals surface area (Å²) in [7, 11) is 0. The van der Waals surface area contributed by atoms with Crippen molar-refractivity contribution in [2.75, 3.05) is 13.1 Å². The van der Waals surface area contributed by atoms with Gasteiger partial charge in [-0.25, -0.2) is 0 Å². The van der Waals surface area contributed by atoms with Crippen LogP contribution in [-0.4, -0.2) is 19.1 Å². The molecule has 1 aliphatic heterocycles. The lowest BCUT2D eigenvalue weighted by atomic mass is 10.0. The molecule has 0 unspecified atom stereocenters. The number of hydrogen-bond donors (Lipinski definition) is 1. The van der Waals surface area contributed by atoms with Crippen molar-refractivity contribution in [3.05, 3.63) is 34.3 Å². The molecule has 4 heteroatoms. The molecule has 1 fully saturated rings. The molecule has 17 heavy (non-hydrogen) atoms. The molecule has 92 valence electrons. The molecule has 0 spiro atoms. The van der Waals surface area contributed by atoms with E-state index in [2.05, 4.69) is 21.2 Å². The normalized spacial score (nSPS) is 19.9. The quantitative estimate of drug-likeness (QED) is 0.871. The second kappa shape index (κ2) is 6.17. The lowest BCUT2D eigenvalue weighted by molar-refractivity contribution is -0.150. The van der Waals surface area contributed by atoms with Gasteiger partial charge < -0.3 is 10.1 Å². The van der Waals surface area contributed by atoms with Crippen molar-refractivity contribution in [1.29, 1.82) is 0 Å². The Morgan fingerprint density at radius 2 is 2.29 bits per heavy atom. The number of esters is 1. The largest absolute Gasteiger partial charge is 0.461 e. The standard InChI is InChI=1S/C13H16BrNO2/c14-12-6-2-1-4-11(12)9-17-13(16)10-5-3-7-15-8-10/h1-2,4,6,10,15H,3,5,7-9H2/t10-/m0/s1. The van der Waals surface area contributed by atoms with Crippen molar-refractivity contribution in [2.24, 2.45) is 5.92 Å².